The van der Waals surface area contributed by atoms with Gasteiger partial charge in [-0.3, -0.25) is 9.59 Å². The Kier molecular flexibility index (Phi) is 5.20. The predicted octanol–water partition coefficient (Wildman–Crippen LogP) is 3.82. The molecular formula is C23H23FN2O3. The van der Waals surface area contributed by atoms with E-state index in [0.717, 1.165) is 13.1 Å². The third kappa shape index (κ3) is 3.23. The highest BCUT2D eigenvalue weighted by Gasteiger charge is 2.43. The van der Waals surface area contributed by atoms with Crippen LogP contribution in [0.5, 0.6) is 0 Å². The van der Waals surface area contributed by atoms with Gasteiger partial charge in [-0.25, -0.2) is 4.39 Å². The molecule has 0 saturated heterocycles. The van der Waals surface area contributed by atoms with E-state index < -0.39 is 11.9 Å². The third-order valence-electron chi connectivity index (χ3n) is 5.62. The van der Waals surface area contributed by atoms with E-state index in [0.29, 0.717) is 29.6 Å². The van der Waals surface area contributed by atoms with Crippen LogP contribution in [0.4, 0.5) is 4.39 Å². The number of amides is 1. The van der Waals surface area contributed by atoms with Crippen molar-refractivity contribution in [2.45, 2.75) is 19.9 Å². The number of para-hydroxylation sites is 1. The first kappa shape index (κ1) is 19.3. The van der Waals surface area contributed by atoms with Gasteiger partial charge < -0.3 is 14.2 Å². The summed E-state index contributed by atoms with van der Waals surface area (Å²) in [6.45, 7) is 6.80. The molecule has 0 fully saturated rings. The lowest BCUT2D eigenvalue weighted by Crippen LogP contribution is -2.38. The average molecular weight is 394 g/mol. The molecule has 5 nitrogen and oxygen atoms in total. The second-order valence-corrected chi connectivity index (χ2v) is 7.12. The maximum atomic E-state index is 14.7. The molecule has 150 valence electrons. The number of likely N-dealkylation sites (N-methyl/N-ethyl adjacent to an activating group) is 1. The molecule has 2 aromatic carbocycles. The fourth-order valence-corrected chi connectivity index (χ4v) is 4.01. The van der Waals surface area contributed by atoms with Crippen LogP contribution in [0.1, 0.15) is 41.6 Å². The van der Waals surface area contributed by atoms with Gasteiger partial charge in [-0.1, -0.05) is 44.2 Å². The Morgan fingerprint density at radius 3 is 2.45 bits per heavy atom. The largest absolute Gasteiger partial charge is 0.450 e. The lowest BCUT2D eigenvalue weighted by atomic mass is 9.98. The molecule has 0 saturated carbocycles. The number of halogens is 1. The van der Waals surface area contributed by atoms with Crippen molar-refractivity contribution < 1.29 is 13.6 Å². The minimum atomic E-state index is -0.796. The summed E-state index contributed by atoms with van der Waals surface area (Å²) < 4.78 is 20.6. The maximum absolute atomic E-state index is 14.7. The Balaban J connectivity index is 1.88. The number of hydrogen-bond donors (Lipinski definition) is 0. The van der Waals surface area contributed by atoms with Gasteiger partial charge in [0.05, 0.1) is 17.0 Å². The zero-order valence-electron chi connectivity index (χ0n) is 16.5. The van der Waals surface area contributed by atoms with Gasteiger partial charge in [0.1, 0.15) is 11.4 Å². The van der Waals surface area contributed by atoms with Crippen LogP contribution in [-0.4, -0.2) is 41.9 Å². The molecule has 0 radical (unpaired) electrons. The van der Waals surface area contributed by atoms with Gasteiger partial charge in [-0.2, -0.15) is 0 Å². The first-order chi connectivity index (χ1) is 14.1. The van der Waals surface area contributed by atoms with Crippen molar-refractivity contribution in [3.63, 3.8) is 0 Å². The number of carbonyl (C=O) groups is 1. The number of benzene rings is 2. The molecule has 1 aliphatic rings. The van der Waals surface area contributed by atoms with E-state index in [4.69, 9.17) is 4.42 Å². The fourth-order valence-electron chi connectivity index (χ4n) is 4.01. The van der Waals surface area contributed by atoms with Crippen LogP contribution in [0, 0.1) is 5.82 Å². The number of rotatable bonds is 6. The van der Waals surface area contributed by atoms with Crippen LogP contribution < -0.4 is 5.43 Å². The van der Waals surface area contributed by atoms with Gasteiger partial charge in [-0.05, 0) is 31.3 Å². The second-order valence-electron chi connectivity index (χ2n) is 7.12. The molecule has 0 unspecified atom stereocenters. The van der Waals surface area contributed by atoms with Crippen LogP contribution >= 0.6 is 0 Å². The smallest absolute Gasteiger partial charge is 0.290 e. The summed E-state index contributed by atoms with van der Waals surface area (Å²) in [5, 5.41) is 0.394. The Morgan fingerprint density at radius 2 is 1.72 bits per heavy atom. The van der Waals surface area contributed by atoms with E-state index in [-0.39, 0.29) is 22.7 Å². The van der Waals surface area contributed by atoms with Gasteiger partial charge in [0.25, 0.3) is 5.91 Å². The highest BCUT2D eigenvalue weighted by molar-refractivity contribution is 5.99. The summed E-state index contributed by atoms with van der Waals surface area (Å²) in [5.41, 5.74) is 0.608. The molecular weight excluding hydrogens is 371 g/mol. The SMILES string of the molecule is CCN(CC)CCN1C(=O)c2oc3ccccc3c(=O)c2[C@@H]1c1ccccc1F. The van der Waals surface area contributed by atoms with E-state index >= 15 is 0 Å². The molecule has 6 heteroatoms. The molecule has 3 aromatic rings. The summed E-state index contributed by atoms with van der Waals surface area (Å²) in [6.07, 6.45) is 0. The highest BCUT2D eigenvalue weighted by atomic mass is 19.1. The summed E-state index contributed by atoms with van der Waals surface area (Å²) in [7, 11) is 0. The zero-order chi connectivity index (χ0) is 20.5. The second kappa shape index (κ2) is 7.79. The van der Waals surface area contributed by atoms with Gasteiger partial charge in [0, 0.05) is 18.7 Å². The van der Waals surface area contributed by atoms with E-state index in [1.54, 1.807) is 47.4 Å². The first-order valence-electron chi connectivity index (χ1n) is 9.90. The standard InChI is InChI=1S/C23H23FN2O3/c1-3-25(4-2)13-14-26-20(15-9-5-7-11-17(15)24)19-21(27)16-10-6-8-12-18(16)29-22(19)23(26)28/h5-12,20H,3-4,13-14H2,1-2H3/t20-/m0/s1. The lowest BCUT2D eigenvalue weighted by molar-refractivity contribution is 0.0706. The van der Waals surface area contributed by atoms with Gasteiger partial charge in [0.15, 0.2) is 5.43 Å². The van der Waals surface area contributed by atoms with E-state index in [1.807, 2.05) is 0 Å². The van der Waals surface area contributed by atoms with Crippen molar-refractivity contribution in [1.29, 1.82) is 0 Å². The number of carbonyl (C=O) groups excluding carboxylic acids is 1. The fraction of sp³-hybridized carbons (Fsp3) is 0.304. The van der Waals surface area contributed by atoms with E-state index in [9.17, 15) is 14.0 Å². The average Bonchev–Trinajstić information content (AvgIpc) is 3.01. The van der Waals surface area contributed by atoms with Gasteiger partial charge in [0.2, 0.25) is 5.76 Å². The van der Waals surface area contributed by atoms with Crippen LogP contribution in [0.15, 0.2) is 57.7 Å². The first-order valence-corrected chi connectivity index (χ1v) is 9.90. The molecule has 0 bridgehead atoms. The number of fused-ring (bicyclic) bond motifs is 2. The lowest BCUT2D eigenvalue weighted by Gasteiger charge is -2.28. The van der Waals surface area contributed by atoms with E-state index in [2.05, 4.69) is 18.7 Å². The third-order valence-corrected chi connectivity index (χ3v) is 5.62. The minimum absolute atomic E-state index is 0.0153. The Bertz CT molecular complexity index is 1120. The molecule has 2 heterocycles. The minimum Gasteiger partial charge on any atom is -0.450 e. The quantitative estimate of drug-likeness (QED) is 0.638. The summed E-state index contributed by atoms with van der Waals surface area (Å²) in [5.74, 6) is -0.802. The Morgan fingerprint density at radius 1 is 1.03 bits per heavy atom. The Labute approximate surface area is 168 Å². The molecule has 1 amide bonds. The molecule has 4 rings (SSSR count). The van der Waals surface area contributed by atoms with Crippen molar-refractivity contribution >= 4 is 16.9 Å². The van der Waals surface area contributed by atoms with Crippen molar-refractivity contribution in [2.24, 2.45) is 0 Å². The van der Waals surface area contributed by atoms with Crippen molar-refractivity contribution in [1.82, 2.24) is 9.80 Å². The molecule has 0 N–H and O–H groups in total. The van der Waals surface area contributed by atoms with Crippen LogP contribution in [0.25, 0.3) is 11.0 Å². The zero-order valence-corrected chi connectivity index (χ0v) is 16.5. The molecule has 29 heavy (non-hydrogen) atoms. The van der Waals surface area contributed by atoms with Crippen molar-refractivity contribution in [3.8, 4) is 0 Å². The normalized spacial score (nSPS) is 16.1. The van der Waals surface area contributed by atoms with E-state index in [1.165, 1.54) is 6.07 Å². The Hall–Kier alpha value is -2.99. The molecule has 1 aliphatic heterocycles. The molecule has 0 spiro atoms. The van der Waals surface area contributed by atoms with Crippen LogP contribution in [0.2, 0.25) is 0 Å². The van der Waals surface area contributed by atoms with Crippen LogP contribution in [0.3, 0.4) is 0 Å². The summed E-state index contributed by atoms with van der Waals surface area (Å²) in [6, 6.07) is 12.3. The predicted molar refractivity (Wildman–Crippen MR) is 110 cm³/mol. The van der Waals surface area contributed by atoms with Crippen molar-refractivity contribution in [3.05, 3.63) is 81.5 Å². The van der Waals surface area contributed by atoms with Crippen LogP contribution in [-0.2, 0) is 0 Å². The monoisotopic (exact) mass is 394 g/mol. The number of hydrogen-bond acceptors (Lipinski definition) is 4. The van der Waals surface area contributed by atoms with Gasteiger partial charge >= 0.3 is 0 Å². The topological polar surface area (TPSA) is 53.8 Å². The summed E-state index contributed by atoms with van der Waals surface area (Å²) >= 11 is 0. The number of nitrogens with zero attached hydrogens (tertiary/aromatic N) is 2. The molecule has 0 aliphatic carbocycles. The summed E-state index contributed by atoms with van der Waals surface area (Å²) in [4.78, 5) is 30.3. The highest BCUT2D eigenvalue weighted by Crippen LogP contribution is 2.38. The molecule has 1 atom stereocenters. The van der Waals surface area contributed by atoms with Crippen molar-refractivity contribution in [2.75, 3.05) is 26.2 Å². The molecule has 1 aromatic heterocycles. The van der Waals surface area contributed by atoms with Gasteiger partial charge in [-0.15, -0.1) is 0 Å². The maximum Gasteiger partial charge on any atom is 0.290 e.